The summed E-state index contributed by atoms with van der Waals surface area (Å²) >= 11 is 6.02. The Balaban J connectivity index is 0.000000157. The molecule has 41 heteroatoms. The van der Waals surface area contributed by atoms with E-state index in [-0.39, 0.29) is 82.9 Å². The number of carbonyl (C=O) groups excluding carboxylic acids is 4. The van der Waals surface area contributed by atoms with Crippen molar-refractivity contribution in [2.45, 2.75) is 54.2 Å². The number of para-hydroxylation sites is 2. The van der Waals surface area contributed by atoms with Gasteiger partial charge in [-0.1, -0.05) is 73.1 Å². The molecule has 14 rings (SSSR count). The fourth-order valence-corrected chi connectivity index (χ4v) is 14.4. The molecule has 0 saturated carbocycles. The first-order chi connectivity index (χ1) is 57.5. The predicted octanol–water partition coefficient (Wildman–Crippen LogP) is 10.4. The van der Waals surface area contributed by atoms with Crippen LogP contribution in [0.25, 0.3) is 46.1 Å². The van der Waals surface area contributed by atoms with Crippen LogP contribution in [0.5, 0.6) is 0 Å². The van der Waals surface area contributed by atoms with E-state index in [1.165, 1.54) is 104 Å². The van der Waals surface area contributed by atoms with Crippen molar-refractivity contribution >= 4 is 110 Å². The predicted molar refractivity (Wildman–Crippen MR) is 445 cm³/mol. The number of nitrogens with zero attached hydrogens (tertiary/aromatic N) is 16. The van der Waals surface area contributed by atoms with Crippen LogP contribution in [0.1, 0.15) is 71.7 Å². The minimum Gasteiger partial charge on any atom is -0.290 e. The van der Waals surface area contributed by atoms with E-state index < -0.39 is 63.7 Å². The van der Waals surface area contributed by atoms with E-state index in [0.29, 0.717) is 75.1 Å². The molecule has 0 bridgehead atoms. The van der Waals surface area contributed by atoms with Crippen LogP contribution in [0, 0.1) is 27.7 Å². The second-order valence-corrected chi connectivity index (χ2v) is 32.1. The molecular formula is C79H69ClN24O12S4. The molecule has 14 aromatic rings. The van der Waals surface area contributed by atoms with Gasteiger partial charge in [0.2, 0.25) is 43.8 Å². The summed E-state index contributed by atoms with van der Waals surface area (Å²) < 4.78 is 107. The number of hydrogen-bond acceptors (Lipinski definition) is 28. The van der Waals surface area contributed by atoms with Crippen LogP contribution >= 0.6 is 11.6 Å². The molecule has 0 aliphatic rings. The summed E-state index contributed by atoms with van der Waals surface area (Å²) in [5.74, 6) is 1.41. The highest BCUT2D eigenvalue weighted by atomic mass is 35.5. The van der Waals surface area contributed by atoms with Crippen molar-refractivity contribution < 1.29 is 52.8 Å². The third-order valence-corrected chi connectivity index (χ3v) is 22.0. The van der Waals surface area contributed by atoms with Crippen molar-refractivity contribution in [1.29, 1.82) is 0 Å². The van der Waals surface area contributed by atoms with Crippen molar-refractivity contribution in [3.05, 3.63) is 300 Å². The smallest absolute Gasteiger partial charge is 0.261 e. The Bertz CT molecular complexity index is 6490. The highest BCUT2D eigenvalue weighted by Gasteiger charge is 2.23. The van der Waals surface area contributed by atoms with Crippen molar-refractivity contribution in [2.24, 2.45) is 0 Å². The van der Waals surface area contributed by atoms with Crippen molar-refractivity contribution in [2.75, 3.05) is 44.3 Å². The lowest BCUT2D eigenvalue weighted by atomic mass is 10.2. The van der Waals surface area contributed by atoms with Gasteiger partial charge in [-0.25, -0.2) is 63.1 Å². The topological polar surface area (TPSA) is 507 Å². The van der Waals surface area contributed by atoms with E-state index in [1.807, 2.05) is 12.1 Å². The minimum absolute atomic E-state index is 0.0209. The highest BCUT2D eigenvalue weighted by molar-refractivity contribution is 7.93. The molecule has 8 aromatic heterocycles. The van der Waals surface area contributed by atoms with Gasteiger partial charge in [0, 0.05) is 59.3 Å². The second-order valence-electron chi connectivity index (χ2n) is 24.7. The van der Waals surface area contributed by atoms with Gasteiger partial charge in [0.05, 0.1) is 30.3 Å². The summed E-state index contributed by atoms with van der Waals surface area (Å²) in [6, 6.07) is 58.5. The number of carbonyl (C=O) groups is 4. The molecule has 0 atom stereocenters. The molecule has 120 heavy (non-hydrogen) atoms. The summed E-state index contributed by atoms with van der Waals surface area (Å²) in [5.41, 5.74) is 3.92. The van der Waals surface area contributed by atoms with Crippen LogP contribution in [0.2, 0.25) is 5.02 Å². The molecule has 0 spiro atoms. The normalized spacial score (nSPS) is 11.1. The first kappa shape index (κ1) is 86.3. The molecule has 4 amide bonds. The van der Waals surface area contributed by atoms with Crippen molar-refractivity contribution in [3.8, 4) is 46.1 Å². The lowest BCUT2D eigenvalue weighted by molar-refractivity contribution is 0.101. The number of pyridine rings is 4. The molecule has 0 fully saturated rings. The van der Waals surface area contributed by atoms with E-state index in [2.05, 4.69) is 120 Å². The third-order valence-electron chi connectivity index (χ3n) is 15.9. The number of nitrogens with one attached hydrogen (secondary N) is 8. The molecular weight excluding hydrogens is 1640 g/mol. The van der Waals surface area contributed by atoms with E-state index in [4.69, 9.17) is 11.6 Å². The first-order valence-corrected chi connectivity index (χ1v) is 41.8. The molecule has 8 heterocycles. The summed E-state index contributed by atoms with van der Waals surface area (Å²) in [4.78, 5) is 117. The molecule has 0 aliphatic carbocycles. The van der Waals surface area contributed by atoms with Gasteiger partial charge in [-0.05, 0) is 205 Å². The molecule has 8 N–H and O–H groups in total. The number of benzene rings is 6. The Hall–Kier alpha value is -14.6. The summed E-state index contributed by atoms with van der Waals surface area (Å²) in [6.07, 6.45) is 6.47. The monoisotopic (exact) mass is 1710 g/mol. The molecule has 0 radical (unpaired) electrons. The van der Waals surface area contributed by atoms with Gasteiger partial charge in [-0.2, -0.15) is 39.9 Å². The Morgan fingerprint density at radius 1 is 0.308 bits per heavy atom. The zero-order valence-corrected chi connectivity index (χ0v) is 68.0. The molecule has 36 nitrogen and oxygen atoms in total. The third kappa shape index (κ3) is 23.8. The van der Waals surface area contributed by atoms with Crippen LogP contribution in [0.4, 0.5) is 35.2 Å². The SMILES string of the molecule is CCNS(=O)(=O)c1ccc(C(=O)Nc2nc(C)nc(-c3ccccn3)n2)cc1.CNS(=O)(=O)c1ccc(C(=O)Nc2nc(C)nc(-c3ccccn3)n2)cc1.Cc1nc(NC(=O)c2ccc(S(=O)(=O)Nc3ccccc3)cc2)nc(-c2ccccn2)n1.Cc1nc(NC(=O)c2ccc(S(=O)(=O)Nc3ccccc3Cl)cc2)nc(-c2ccccn2)n1. The zero-order valence-electron chi connectivity index (χ0n) is 63.9. The fourth-order valence-electron chi connectivity index (χ4n) is 10.3. The first-order valence-electron chi connectivity index (χ1n) is 35.5. The lowest BCUT2D eigenvalue weighted by Gasteiger charge is -2.10. The molecule has 0 saturated heterocycles. The number of halogens is 1. The van der Waals surface area contributed by atoms with E-state index in [0.717, 1.165) is 0 Å². The van der Waals surface area contributed by atoms with Crippen LogP contribution in [0.15, 0.2) is 269 Å². The summed E-state index contributed by atoms with van der Waals surface area (Å²) in [5, 5.41) is 10.7. The Labute approximate surface area is 692 Å². The maximum Gasteiger partial charge on any atom is 0.261 e. The number of amides is 4. The number of rotatable bonds is 23. The van der Waals surface area contributed by atoms with Gasteiger partial charge in [0.25, 0.3) is 43.7 Å². The van der Waals surface area contributed by atoms with Gasteiger partial charge in [-0.15, -0.1) is 0 Å². The molecule has 0 unspecified atom stereocenters. The number of aromatic nitrogens is 16. The molecule has 6 aromatic carbocycles. The zero-order chi connectivity index (χ0) is 85.6. The standard InChI is InChI=1S/C22H17ClN6O3S.C22H18N6O3S.C18H18N6O3S.C17H16N6O3S/c1-14-25-20(19-8-4-5-13-24-19)27-22(26-14)28-21(30)15-9-11-16(12-10-15)33(31,32)29-18-7-3-2-6-17(18)23;1-15-24-20(19-9-5-6-14-23-19)26-22(25-15)27-21(29)16-10-12-18(13-11-16)32(30,31)28-17-7-3-2-4-8-17;1-3-20-28(26,27)14-9-7-13(8-10-14)17(25)24-18-22-12(2)21-16(23-18)15-6-4-5-11-19-15;1-11-20-15(14-5-3-4-10-19-14)22-17(21-11)23-16(24)12-6-8-13(9-7-12)27(25,26)18-2/h2-13,29H,1H3,(H,25,26,27,28,30);2-14,28H,1H3,(H,24,25,26,27,29);4-11,20H,3H2,1-2H3,(H,21,22,23,24,25);3-10,18H,1-2H3,(H,20,21,22,23,24). The van der Waals surface area contributed by atoms with Gasteiger partial charge in [0.1, 0.15) is 46.1 Å². The second kappa shape index (κ2) is 39.4. The Morgan fingerprint density at radius 2 is 0.583 bits per heavy atom. The maximum absolute atomic E-state index is 12.7. The minimum atomic E-state index is -3.89. The quantitative estimate of drug-likeness (QED) is 0.0295. The van der Waals surface area contributed by atoms with Crippen LogP contribution in [-0.2, 0) is 40.1 Å². The molecule has 608 valence electrons. The lowest BCUT2D eigenvalue weighted by Crippen LogP contribution is -2.23. The van der Waals surface area contributed by atoms with Crippen LogP contribution < -0.4 is 40.2 Å². The number of hydrogen-bond donors (Lipinski definition) is 8. The maximum atomic E-state index is 12.7. The molecule has 0 aliphatic heterocycles. The van der Waals surface area contributed by atoms with Gasteiger partial charge < -0.3 is 0 Å². The number of anilines is 6. The van der Waals surface area contributed by atoms with Gasteiger partial charge in [0.15, 0.2) is 23.3 Å². The van der Waals surface area contributed by atoms with Crippen molar-refractivity contribution in [1.82, 2.24) is 89.2 Å². The van der Waals surface area contributed by atoms with Crippen LogP contribution in [0.3, 0.4) is 0 Å². The Morgan fingerprint density at radius 3 is 0.867 bits per heavy atom. The fraction of sp³-hybridized carbons (Fsp3) is 0.0886. The van der Waals surface area contributed by atoms with Gasteiger partial charge in [-0.3, -0.25) is 69.8 Å². The van der Waals surface area contributed by atoms with E-state index >= 15 is 0 Å². The van der Waals surface area contributed by atoms with Gasteiger partial charge >= 0.3 is 0 Å². The van der Waals surface area contributed by atoms with E-state index in [1.54, 1.807) is 175 Å². The largest absolute Gasteiger partial charge is 0.290 e. The van der Waals surface area contributed by atoms with Crippen LogP contribution in [-0.4, -0.2) is 151 Å². The summed E-state index contributed by atoms with van der Waals surface area (Å²) in [6.45, 7) is 8.70. The van der Waals surface area contributed by atoms with E-state index in [9.17, 15) is 52.8 Å². The Kier molecular flexibility index (Phi) is 28.3. The highest BCUT2D eigenvalue weighted by Crippen LogP contribution is 2.26. The average molecular weight is 1710 g/mol. The van der Waals surface area contributed by atoms with Crippen molar-refractivity contribution in [3.63, 3.8) is 0 Å². The number of aryl methyl sites for hydroxylation is 4. The number of sulfonamides is 4. The average Bonchev–Trinajstić information content (AvgIpc) is 0.814. The summed E-state index contributed by atoms with van der Waals surface area (Å²) in [7, 11) is -13.5.